The highest BCUT2D eigenvalue weighted by molar-refractivity contribution is 5.79. The lowest BCUT2D eigenvalue weighted by molar-refractivity contribution is -0.137. The van der Waals surface area contributed by atoms with Crippen LogP contribution in [0.4, 0.5) is 24.8 Å². The van der Waals surface area contributed by atoms with Gasteiger partial charge in [-0.1, -0.05) is 6.07 Å². The molecular weight excluding hydrogens is 295 g/mol. The number of alkyl halides is 3. The van der Waals surface area contributed by atoms with Gasteiger partial charge in [0, 0.05) is 11.8 Å². The number of hydrogen-bond donors (Lipinski definition) is 2. The van der Waals surface area contributed by atoms with E-state index in [0.717, 1.165) is 17.6 Å². The maximum Gasteiger partial charge on any atom is 0.416 e. The number of nitrogens with zero attached hydrogens (tertiary/aromatic N) is 1. The van der Waals surface area contributed by atoms with E-state index < -0.39 is 11.7 Å². The van der Waals surface area contributed by atoms with Gasteiger partial charge in [0.05, 0.1) is 23.7 Å². The largest absolute Gasteiger partial charge is 0.497 e. The topological polar surface area (TPSA) is 49.9 Å². The zero-order valence-corrected chi connectivity index (χ0v) is 11.5. The Morgan fingerprint density at radius 1 is 1.14 bits per heavy atom. The number of benzene rings is 2. The minimum Gasteiger partial charge on any atom is -0.497 e. The molecule has 22 heavy (non-hydrogen) atoms. The lowest BCUT2D eigenvalue weighted by Crippen LogP contribution is -2.05. The highest BCUT2D eigenvalue weighted by Gasteiger charge is 2.30. The molecule has 3 rings (SSSR count). The molecule has 0 aliphatic heterocycles. The summed E-state index contributed by atoms with van der Waals surface area (Å²) in [4.78, 5) is 7.27. The third-order valence-electron chi connectivity index (χ3n) is 3.14. The van der Waals surface area contributed by atoms with Gasteiger partial charge in [0.25, 0.3) is 0 Å². The predicted molar refractivity (Wildman–Crippen MR) is 77.4 cm³/mol. The zero-order chi connectivity index (χ0) is 15.7. The molecule has 1 aromatic heterocycles. The van der Waals surface area contributed by atoms with Gasteiger partial charge in [-0.05, 0) is 30.3 Å². The fourth-order valence-corrected chi connectivity index (χ4v) is 2.08. The maximum absolute atomic E-state index is 12.7. The van der Waals surface area contributed by atoms with Gasteiger partial charge in [0.2, 0.25) is 5.95 Å². The van der Waals surface area contributed by atoms with Crippen molar-refractivity contribution in [1.82, 2.24) is 9.97 Å². The third kappa shape index (κ3) is 2.83. The van der Waals surface area contributed by atoms with E-state index in [1.165, 1.54) is 6.07 Å². The van der Waals surface area contributed by atoms with Gasteiger partial charge in [-0.2, -0.15) is 13.2 Å². The van der Waals surface area contributed by atoms with Gasteiger partial charge in [-0.15, -0.1) is 0 Å². The average Bonchev–Trinajstić information content (AvgIpc) is 2.87. The summed E-state index contributed by atoms with van der Waals surface area (Å²) in [6.07, 6.45) is -4.38. The fourth-order valence-electron chi connectivity index (χ4n) is 2.08. The summed E-state index contributed by atoms with van der Waals surface area (Å²) in [6.45, 7) is 0. The first-order valence-corrected chi connectivity index (χ1v) is 6.44. The molecular formula is C15H12F3N3O. The Morgan fingerprint density at radius 2 is 1.95 bits per heavy atom. The standard InChI is InChI=1S/C15H12F3N3O/c1-22-11-5-6-12-13(8-11)21-14(20-12)19-10-4-2-3-9(7-10)15(16,17)18/h2-8H,1H3,(H2,19,20,21). The second-order valence-electron chi connectivity index (χ2n) is 4.67. The summed E-state index contributed by atoms with van der Waals surface area (Å²) >= 11 is 0. The monoisotopic (exact) mass is 307 g/mol. The summed E-state index contributed by atoms with van der Waals surface area (Å²) in [7, 11) is 1.55. The van der Waals surface area contributed by atoms with Crippen molar-refractivity contribution in [2.24, 2.45) is 0 Å². The number of imidazole rings is 1. The number of hydrogen-bond acceptors (Lipinski definition) is 3. The van der Waals surface area contributed by atoms with Crippen LogP contribution in [0.2, 0.25) is 0 Å². The third-order valence-corrected chi connectivity index (χ3v) is 3.14. The van der Waals surface area contributed by atoms with Crippen LogP contribution in [0.15, 0.2) is 42.5 Å². The van der Waals surface area contributed by atoms with E-state index in [2.05, 4.69) is 15.3 Å². The molecule has 0 atom stereocenters. The second-order valence-corrected chi connectivity index (χ2v) is 4.67. The Hall–Kier alpha value is -2.70. The van der Waals surface area contributed by atoms with Crippen LogP contribution in [0, 0.1) is 0 Å². The first kappa shape index (κ1) is 14.2. The number of halogens is 3. The van der Waals surface area contributed by atoms with Crippen molar-refractivity contribution in [2.75, 3.05) is 12.4 Å². The number of anilines is 2. The Bertz CT molecular complexity index is 811. The quantitative estimate of drug-likeness (QED) is 0.757. The summed E-state index contributed by atoms with van der Waals surface area (Å²) in [6, 6.07) is 10.2. The van der Waals surface area contributed by atoms with Gasteiger partial charge in [-0.25, -0.2) is 4.98 Å². The first-order valence-electron chi connectivity index (χ1n) is 6.44. The molecule has 0 radical (unpaired) electrons. The Labute approximate surface area is 123 Å². The smallest absolute Gasteiger partial charge is 0.416 e. The van der Waals surface area contributed by atoms with E-state index >= 15 is 0 Å². The first-order chi connectivity index (χ1) is 10.5. The van der Waals surface area contributed by atoms with Crippen molar-refractivity contribution in [3.8, 4) is 5.75 Å². The van der Waals surface area contributed by atoms with Crippen LogP contribution in [-0.2, 0) is 6.18 Å². The molecule has 1 heterocycles. The number of rotatable bonds is 3. The molecule has 2 N–H and O–H groups in total. The molecule has 0 saturated carbocycles. The molecule has 0 unspecified atom stereocenters. The van der Waals surface area contributed by atoms with Crippen LogP contribution in [-0.4, -0.2) is 17.1 Å². The Morgan fingerprint density at radius 3 is 2.68 bits per heavy atom. The molecule has 0 amide bonds. The molecule has 3 aromatic rings. The maximum atomic E-state index is 12.7. The summed E-state index contributed by atoms with van der Waals surface area (Å²) in [5.41, 5.74) is 1.01. The van der Waals surface area contributed by atoms with E-state index in [0.29, 0.717) is 22.9 Å². The lowest BCUT2D eigenvalue weighted by atomic mass is 10.2. The number of fused-ring (bicyclic) bond motifs is 1. The number of ether oxygens (including phenoxy) is 1. The average molecular weight is 307 g/mol. The van der Waals surface area contributed by atoms with Crippen molar-refractivity contribution < 1.29 is 17.9 Å². The number of H-pyrrole nitrogens is 1. The molecule has 0 spiro atoms. The molecule has 114 valence electrons. The van der Waals surface area contributed by atoms with E-state index in [1.54, 1.807) is 31.4 Å². The summed E-state index contributed by atoms with van der Waals surface area (Å²) in [5, 5.41) is 2.84. The van der Waals surface area contributed by atoms with Crippen molar-refractivity contribution in [2.45, 2.75) is 6.18 Å². The summed E-state index contributed by atoms with van der Waals surface area (Å²) < 4.78 is 43.2. The van der Waals surface area contributed by atoms with Crippen LogP contribution >= 0.6 is 0 Å². The van der Waals surface area contributed by atoms with Gasteiger partial charge < -0.3 is 15.0 Å². The van der Waals surface area contributed by atoms with Gasteiger partial charge in [0.1, 0.15) is 5.75 Å². The van der Waals surface area contributed by atoms with Gasteiger partial charge in [-0.3, -0.25) is 0 Å². The predicted octanol–water partition coefficient (Wildman–Crippen LogP) is 4.33. The van der Waals surface area contributed by atoms with Crippen LogP contribution < -0.4 is 10.1 Å². The molecule has 2 aromatic carbocycles. The van der Waals surface area contributed by atoms with Crippen LogP contribution in [0.25, 0.3) is 11.0 Å². The van der Waals surface area contributed by atoms with Crippen molar-refractivity contribution in [3.05, 3.63) is 48.0 Å². The normalized spacial score (nSPS) is 11.6. The minimum atomic E-state index is -4.38. The number of methoxy groups -OCH3 is 1. The molecule has 0 bridgehead atoms. The highest BCUT2D eigenvalue weighted by atomic mass is 19.4. The lowest BCUT2D eigenvalue weighted by Gasteiger charge is -2.08. The second kappa shape index (κ2) is 5.25. The van der Waals surface area contributed by atoms with Crippen molar-refractivity contribution in [1.29, 1.82) is 0 Å². The van der Waals surface area contributed by atoms with E-state index in [4.69, 9.17) is 4.74 Å². The molecule has 0 aliphatic rings. The minimum absolute atomic E-state index is 0.306. The molecule has 0 saturated heterocycles. The van der Waals surface area contributed by atoms with E-state index in [-0.39, 0.29) is 0 Å². The number of nitrogens with one attached hydrogen (secondary N) is 2. The van der Waals surface area contributed by atoms with Crippen molar-refractivity contribution >= 4 is 22.7 Å². The number of aromatic amines is 1. The van der Waals surface area contributed by atoms with Gasteiger partial charge in [0.15, 0.2) is 0 Å². The summed E-state index contributed by atoms with van der Waals surface area (Å²) in [5.74, 6) is 1.03. The van der Waals surface area contributed by atoms with Gasteiger partial charge >= 0.3 is 6.18 Å². The zero-order valence-electron chi connectivity index (χ0n) is 11.5. The van der Waals surface area contributed by atoms with E-state index in [1.807, 2.05) is 0 Å². The Balaban J connectivity index is 1.90. The van der Waals surface area contributed by atoms with E-state index in [9.17, 15) is 13.2 Å². The SMILES string of the molecule is COc1ccc2nc(Nc3cccc(C(F)(F)F)c3)[nH]c2c1. The molecule has 0 aliphatic carbocycles. The Kier molecular flexibility index (Phi) is 3.40. The van der Waals surface area contributed by atoms with Crippen LogP contribution in [0.1, 0.15) is 5.56 Å². The fraction of sp³-hybridized carbons (Fsp3) is 0.133. The molecule has 4 nitrogen and oxygen atoms in total. The highest BCUT2D eigenvalue weighted by Crippen LogP contribution is 2.31. The molecule has 7 heteroatoms. The van der Waals surface area contributed by atoms with Crippen LogP contribution in [0.5, 0.6) is 5.75 Å². The molecule has 0 fully saturated rings. The van der Waals surface area contributed by atoms with Crippen LogP contribution in [0.3, 0.4) is 0 Å². The number of aromatic nitrogens is 2. The van der Waals surface area contributed by atoms with Crippen molar-refractivity contribution in [3.63, 3.8) is 0 Å².